The largest absolute Gasteiger partial charge is 0.478 e. The van der Waals surface area contributed by atoms with Crippen molar-refractivity contribution in [3.8, 4) is 0 Å². The van der Waals surface area contributed by atoms with Crippen LogP contribution in [-0.4, -0.2) is 22.2 Å². The molecule has 1 aromatic heterocycles. The van der Waals surface area contributed by atoms with Crippen molar-refractivity contribution in [1.29, 1.82) is 0 Å². The van der Waals surface area contributed by atoms with E-state index in [1.54, 1.807) is 6.07 Å². The highest BCUT2D eigenvalue weighted by Crippen LogP contribution is 2.29. The SMILES string of the molecule is Cc1cn(CCN)c2c(C(=O)O)cc(C(C)C)cc12. The van der Waals surface area contributed by atoms with Gasteiger partial charge in [0.15, 0.2) is 0 Å². The van der Waals surface area contributed by atoms with Crippen LogP contribution in [0.2, 0.25) is 0 Å². The van der Waals surface area contributed by atoms with Gasteiger partial charge in [0, 0.05) is 24.7 Å². The lowest BCUT2D eigenvalue weighted by Gasteiger charge is -2.11. The van der Waals surface area contributed by atoms with Crippen molar-refractivity contribution >= 4 is 16.9 Å². The van der Waals surface area contributed by atoms with E-state index >= 15 is 0 Å². The van der Waals surface area contributed by atoms with Crippen molar-refractivity contribution < 1.29 is 9.90 Å². The van der Waals surface area contributed by atoms with E-state index in [1.807, 2.05) is 17.7 Å². The van der Waals surface area contributed by atoms with Gasteiger partial charge in [-0.3, -0.25) is 0 Å². The van der Waals surface area contributed by atoms with E-state index in [9.17, 15) is 9.90 Å². The molecule has 0 unspecified atom stereocenters. The number of carboxylic acids is 1. The lowest BCUT2D eigenvalue weighted by Crippen LogP contribution is -2.11. The van der Waals surface area contributed by atoms with Crippen molar-refractivity contribution in [3.05, 3.63) is 35.0 Å². The second-order valence-corrected chi connectivity index (χ2v) is 5.22. The van der Waals surface area contributed by atoms with Gasteiger partial charge in [-0.05, 0) is 36.1 Å². The Morgan fingerprint density at radius 1 is 1.42 bits per heavy atom. The van der Waals surface area contributed by atoms with Crippen LogP contribution in [0.4, 0.5) is 0 Å². The molecule has 19 heavy (non-hydrogen) atoms. The second kappa shape index (κ2) is 5.05. The Morgan fingerprint density at radius 3 is 2.63 bits per heavy atom. The minimum atomic E-state index is -0.885. The number of aromatic nitrogens is 1. The van der Waals surface area contributed by atoms with Crippen molar-refractivity contribution in [2.75, 3.05) is 6.54 Å². The van der Waals surface area contributed by atoms with E-state index in [0.29, 0.717) is 24.6 Å². The molecule has 0 aliphatic heterocycles. The highest BCUT2D eigenvalue weighted by molar-refractivity contribution is 6.03. The van der Waals surface area contributed by atoms with Crippen LogP contribution in [0, 0.1) is 6.92 Å². The highest BCUT2D eigenvalue weighted by atomic mass is 16.4. The molecule has 0 saturated heterocycles. The monoisotopic (exact) mass is 260 g/mol. The number of nitrogens with zero attached hydrogens (tertiary/aromatic N) is 1. The zero-order chi connectivity index (χ0) is 14.2. The van der Waals surface area contributed by atoms with Crippen LogP contribution in [0.25, 0.3) is 10.9 Å². The van der Waals surface area contributed by atoms with Crippen LogP contribution in [0.5, 0.6) is 0 Å². The summed E-state index contributed by atoms with van der Waals surface area (Å²) in [4.78, 5) is 11.5. The first-order valence-corrected chi connectivity index (χ1v) is 6.52. The number of benzene rings is 1. The summed E-state index contributed by atoms with van der Waals surface area (Å²) in [5.74, 6) is -0.580. The van der Waals surface area contributed by atoms with E-state index in [1.165, 1.54) is 0 Å². The maximum Gasteiger partial charge on any atom is 0.337 e. The van der Waals surface area contributed by atoms with Gasteiger partial charge in [-0.1, -0.05) is 13.8 Å². The number of aromatic carboxylic acids is 1. The lowest BCUT2D eigenvalue weighted by atomic mass is 9.97. The fraction of sp³-hybridized carbons (Fsp3) is 0.400. The third-order valence-electron chi connectivity index (χ3n) is 3.46. The first-order valence-electron chi connectivity index (χ1n) is 6.52. The molecule has 0 aliphatic carbocycles. The van der Waals surface area contributed by atoms with Crippen LogP contribution in [0.3, 0.4) is 0 Å². The van der Waals surface area contributed by atoms with Crippen LogP contribution in [0.15, 0.2) is 18.3 Å². The quantitative estimate of drug-likeness (QED) is 0.888. The number of carboxylic acid groups (broad SMARTS) is 1. The minimum Gasteiger partial charge on any atom is -0.478 e. The Labute approximate surface area is 112 Å². The van der Waals surface area contributed by atoms with E-state index in [-0.39, 0.29) is 0 Å². The molecule has 0 fully saturated rings. The van der Waals surface area contributed by atoms with Gasteiger partial charge in [0.1, 0.15) is 0 Å². The normalized spacial score (nSPS) is 11.4. The van der Waals surface area contributed by atoms with E-state index < -0.39 is 5.97 Å². The minimum absolute atomic E-state index is 0.305. The van der Waals surface area contributed by atoms with Crippen molar-refractivity contribution in [2.45, 2.75) is 33.2 Å². The Hall–Kier alpha value is -1.81. The maximum atomic E-state index is 11.5. The van der Waals surface area contributed by atoms with Crippen molar-refractivity contribution in [1.82, 2.24) is 4.57 Å². The molecule has 0 amide bonds. The fourth-order valence-electron chi connectivity index (χ4n) is 2.45. The van der Waals surface area contributed by atoms with Crippen molar-refractivity contribution in [3.63, 3.8) is 0 Å². The molecule has 1 heterocycles. The zero-order valence-electron chi connectivity index (χ0n) is 11.6. The summed E-state index contributed by atoms with van der Waals surface area (Å²) < 4.78 is 1.94. The number of hydrogen-bond acceptors (Lipinski definition) is 2. The fourth-order valence-corrected chi connectivity index (χ4v) is 2.45. The van der Waals surface area contributed by atoms with Gasteiger partial charge >= 0.3 is 5.97 Å². The topological polar surface area (TPSA) is 68.2 Å². The van der Waals surface area contributed by atoms with Crippen LogP contribution in [-0.2, 0) is 6.54 Å². The number of aryl methyl sites for hydroxylation is 1. The predicted molar refractivity (Wildman–Crippen MR) is 76.8 cm³/mol. The molecule has 0 spiro atoms. The summed E-state index contributed by atoms with van der Waals surface area (Å²) in [6, 6.07) is 3.87. The van der Waals surface area contributed by atoms with Gasteiger partial charge < -0.3 is 15.4 Å². The Bertz CT molecular complexity index is 627. The Balaban J connectivity index is 2.81. The Kier molecular flexibility index (Phi) is 3.62. The summed E-state index contributed by atoms with van der Waals surface area (Å²) in [6.07, 6.45) is 1.98. The molecule has 0 atom stereocenters. The zero-order valence-corrected chi connectivity index (χ0v) is 11.6. The smallest absolute Gasteiger partial charge is 0.337 e. The van der Waals surface area contributed by atoms with Crippen LogP contribution < -0.4 is 5.73 Å². The summed E-state index contributed by atoms with van der Waals surface area (Å²) in [5, 5.41) is 10.5. The summed E-state index contributed by atoms with van der Waals surface area (Å²) >= 11 is 0. The number of carbonyl (C=O) groups is 1. The van der Waals surface area contributed by atoms with E-state index in [4.69, 9.17) is 5.73 Å². The van der Waals surface area contributed by atoms with Gasteiger partial charge in [0.25, 0.3) is 0 Å². The van der Waals surface area contributed by atoms with Gasteiger partial charge in [-0.25, -0.2) is 4.79 Å². The first kappa shape index (κ1) is 13.6. The highest BCUT2D eigenvalue weighted by Gasteiger charge is 2.17. The maximum absolute atomic E-state index is 11.5. The average Bonchev–Trinajstić information content (AvgIpc) is 2.66. The van der Waals surface area contributed by atoms with Gasteiger partial charge in [0.05, 0.1) is 11.1 Å². The molecule has 2 aromatic rings. The third kappa shape index (κ3) is 2.36. The molecule has 1 aromatic carbocycles. The second-order valence-electron chi connectivity index (χ2n) is 5.22. The molecule has 0 saturated carbocycles. The van der Waals surface area contributed by atoms with Crippen molar-refractivity contribution in [2.24, 2.45) is 5.73 Å². The first-order chi connectivity index (χ1) is 8.95. The van der Waals surface area contributed by atoms with Crippen LogP contribution >= 0.6 is 0 Å². The van der Waals surface area contributed by atoms with Gasteiger partial charge in [-0.2, -0.15) is 0 Å². The predicted octanol–water partition coefficient (Wildman–Crippen LogP) is 2.73. The molecular weight excluding hydrogens is 240 g/mol. The lowest BCUT2D eigenvalue weighted by molar-refractivity contribution is 0.0698. The third-order valence-corrected chi connectivity index (χ3v) is 3.46. The average molecular weight is 260 g/mol. The molecule has 102 valence electrons. The molecule has 2 rings (SSSR count). The standard InChI is InChI=1S/C15H20N2O2/c1-9(2)11-6-12-10(3)8-17(5-4-16)14(12)13(7-11)15(18)19/h6-9H,4-5,16H2,1-3H3,(H,18,19). The molecule has 3 N–H and O–H groups in total. The molecule has 4 heteroatoms. The number of hydrogen-bond donors (Lipinski definition) is 2. The van der Waals surface area contributed by atoms with E-state index in [2.05, 4.69) is 19.9 Å². The van der Waals surface area contributed by atoms with Gasteiger partial charge in [-0.15, -0.1) is 0 Å². The number of fused-ring (bicyclic) bond motifs is 1. The molecule has 0 radical (unpaired) electrons. The number of nitrogens with two attached hydrogens (primary N) is 1. The number of rotatable bonds is 4. The molecule has 0 aliphatic rings. The molecule has 4 nitrogen and oxygen atoms in total. The summed E-state index contributed by atoms with van der Waals surface area (Å²) in [6.45, 7) is 7.27. The molecular formula is C15H20N2O2. The Morgan fingerprint density at radius 2 is 2.11 bits per heavy atom. The summed E-state index contributed by atoms with van der Waals surface area (Å²) in [7, 11) is 0. The van der Waals surface area contributed by atoms with Gasteiger partial charge in [0.2, 0.25) is 0 Å². The van der Waals surface area contributed by atoms with Crippen LogP contribution in [0.1, 0.15) is 41.3 Å². The molecule has 0 bridgehead atoms. The van der Waals surface area contributed by atoms with E-state index in [0.717, 1.165) is 22.0 Å². The summed E-state index contributed by atoms with van der Waals surface area (Å²) in [5.41, 5.74) is 8.88.